The number of nitrogen functional groups attached to an aromatic ring is 1. The van der Waals surface area contributed by atoms with E-state index in [4.69, 9.17) is 10.5 Å². The summed E-state index contributed by atoms with van der Waals surface area (Å²) >= 11 is 0. The normalized spacial score (nSPS) is 28.1. The minimum atomic E-state index is -1.23. The molecular weight excluding hydrogens is 386 g/mol. The predicted octanol–water partition coefficient (Wildman–Crippen LogP) is 1.12. The molecule has 2 aromatic rings. The lowest BCUT2D eigenvalue weighted by Gasteiger charge is -2.17. The fraction of sp³-hybridized carbons (Fsp3) is 0.667. The quantitative estimate of drug-likeness (QED) is 0.547. The molecule has 2 unspecified atom stereocenters. The van der Waals surface area contributed by atoms with Gasteiger partial charge in [-0.1, -0.05) is 38.0 Å². The number of hydrogen-bond acceptors (Lipinski definition) is 8. The third-order valence-electron chi connectivity index (χ3n) is 6.06. The molecule has 4 rings (SSSR count). The van der Waals surface area contributed by atoms with Crippen LogP contribution >= 0.6 is 0 Å². The summed E-state index contributed by atoms with van der Waals surface area (Å²) in [6.45, 7) is -0.406. The average Bonchev–Trinajstić information content (AvgIpc) is 3.25. The van der Waals surface area contributed by atoms with E-state index in [0.717, 1.165) is 6.42 Å². The minimum Gasteiger partial charge on any atom is -0.394 e. The fourth-order valence-corrected chi connectivity index (χ4v) is 4.31. The second kappa shape index (κ2) is 9.27. The summed E-state index contributed by atoms with van der Waals surface area (Å²) in [6, 6.07) is 0. The molecule has 9 nitrogen and oxygen atoms in total. The zero-order chi connectivity index (χ0) is 21.1. The Hall–Kier alpha value is -2.25. The Kier molecular flexibility index (Phi) is 6.49. The number of hydrogen-bond donors (Lipinski definition) is 4. The lowest BCUT2D eigenvalue weighted by Crippen LogP contribution is -2.33. The van der Waals surface area contributed by atoms with Crippen molar-refractivity contribution in [2.24, 2.45) is 5.92 Å². The van der Waals surface area contributed by atoms with Crippen LogP contribution in [0.25, 0.3) is 11.2 Å². The van der Waals surface area contributed by atoms with Crippen LogP contribution in [0.3, 0.4) is 0 Å². The molecule has 2 aliphatic rings. The lowest BCUT2D eigenvalue weighted by molar-refractivity contribution is -0.0511. The summed E-state index contributed by atoms with van der Waals surface area (Å²) in [6.07, 6.45) is 6.92. The Labute approximate surface area is 175 Å². The van der Waals surface area contributed by atoms with E-state index in [-0.39, 0.29) is 5.82 Å². The standard InChI is InChI=1S/C21H29N5O4/c22-19-16-20(26(12-23-16)21-18(29)17(28)14(11-27)30-21)25-15(24-19)10-6-9-13-7-4-2-1-3-5-8-13/h12-14,17-18,21,27-29H,1-5,7-9,11H2,(H2,22,24,25)/t14-,17?,18?,21-/m1/s1. The summed E-state index contributed by atoms with van der Waals surface area (Å²) in [7, 11) is 0. The van der Waals surface area contributed by atoms with Crippen LogP contribution in [0, 0.1) is 17.8 Å². The van der Waals surface area contributed by atoms with E-state index in [0.29, 0.717) is 22.9 Å². The van der Waals surface area contributed by atoms with Crippen molar-refractivity contribution < 1.29 is 20.1 Å². The number of anilines is 1. The Bertz CT molecular complexity index is 929. The first kappa shape index (κ1) is 21.0. The van der Waals surface area contributed by atoms with Crippen molar-refractivity contribution in [2.45, 2.75) is 75.9 Å². The van der Waals surface area contributed by atoms with Crippen molar-refractivity contribution in [3.05, 3.63) is 12.2 Å². The molecule has 1 saturated carbocycles. The third kappa shape index (κ3) is 4.27. The molecule has 0 radical (unpaired) electrons. The van der Waals surface area contributed by atoms with E-state index >= 15 is 0 Å². The van der Waals surface area contributed by atoms with Gasteiger partial charge in [0.1, 0.15) is 23.8 Å². The summed E-state index contributed by atoms with van der Waals surface area (Å²) in [5.41, 5.74) is 6.79. The SMILES string of the molecule is Nc1nc(C#CCC2CCCCCCC2)nc2c1ncn2[C@@H]1O[C@H](CO)C(O)C1O. The van der Waals surface area contributed by atoms with E-state index in [1.165, 1.54) is 55.8 Å². The van der Waals surface area contributed by atoms with Crippen molar-refractivity contribution in [3.8, 4) is 11.8 Å². The highest BCUT2D eigenvalue weighted by Crippen LogP contribution is 2.32. The smallest absolute Gasteiger partial charge is 0.208 e. The highest BCUT2D eigenvalue weighted by molar-refractivity contribution is 5.82. The van der Waals surface area contributed by atoms with Gasteiger partial charge in [0.25, 0.3) is 0 Å². The summed E-state index contributed by atoms with van der Waals surface area (Å²) < 4.78 is 7.08. The Morgan fingerprint density at radius 1 is 1.10 bits per heavy atom. The number of nitrogens with two attached hydrogens (primary N) is 1. The average molecular weight is 415 g/mol. The zero-order valence-electron chi connectivity index (χ0n) is 16.9. The van der Waals surface area contributed by atoms with Crippen molar-refractivity contribution in [2.75, 3.05) is 12.3 Å². The van der Waals surface area contributed by atoms with Crippen LogP contribution in [-0.2, 0) is 4.74 Å². The van der Waals surface area contributed by atoms with Crippen molar-refractivity contribution >= 4 is 17.0 Å². The van der Waals surface area contributed by atoms with Gasteiger partial charge in [-0.3, -0.25) is 4.57 Å². The van der Waals surface area contributed by atoms with Gasteiger partial charge in [0.05, 0.1) is 12.9 Å². The number of aliphatic hydroxyl groups excluding tert-OH is 3. The maximum Gasteiger partial charge on any atom is 0.208 e. The Morgan fingerprint density at radius 3 is 2.53 bits per heavy atom. The van der Waals surface area contributed by atoms with Gasteiger partial charge in [-0.15, -0.1) is 0 Å². The first-order valence-corrected chi connectivity index (χ1v) is 10.7. The monoisotopic (exact) mass is 415 g/mol. The molecule has 0 amide bonds. The van der Waals surface area contributed by atoms with Crippen LogP contribution in [0.4, 0.5) is 5.82 Å². The van der Waals surface area contributed by atoms with E-state index in [1.807, 2.05) is 0 Å². The number of aromatic nitrogens is 4. The predicted molar refractivity (Wildman–Crippen MR) is 110 cm³/mol. The van der Waals surface area contributed by atoms with Crippen LogP contribution in [0.1, 0.15) is 63.4 Å². The van der Waals surface area contributed by atoms with Gasteiger partial charge in [-0.25, -0.2) is 15.0 Å². The van der Waals surface area contributed by atoms with Gasteiger partial charge in [0.2, 0.25) is 5.82 Å². The van der Waals surface area contributed by atoms with Crippen molar-refractivity contribution in [3.63, 3.8) is 0 Å². The van der Waals surface area contributed by atoms with Crippen LogP contribution in [-0.4, -0.2) is 59.8 Å². The number of fused-ring (bicyclic) bond motifs is 1. The van der Waals surface area contributed by atoms with Crippen LogP contribution in [0.5, 0.6) is 0 Å². The van der Waals surface area contributed by atoms with Gasteiger partial charge < -0.3 is 25.8 Å². The molecule has 0 aromatic carbocycles. The van der Waals surface area contributed by atoms with E-state index in [1.54, 1.807) is 0 Å². The summed E-state index contributed by atoms with van der Waals surface area (Å²) in [4.78, 5) is 12.9. The maximum atomic E-state index is 10.3. The molecular formula is C21H29N5O4. The summed E-state index contributed by atoms with van der Waals surface area (Å²) in [5.74, 6) is 7.33. The number of imidazole rings is 1. The Balaban J connectivity index is 1.55. The van der Waals surface area contributed by atoms with Crippen molar-refractivity contribution in [1.82, 2.24) is 19.5 Å². The number of aliphatic hydroxyl groups is 3. The van der Waals surface area contributed by atoms with Crippen LogP contribution < -0.4 is 5.73 Å². The molecule has 0 spiro atoms. The van der Waals surface area contributed by atoms with Gasteiger partial charge >= 0.3 is 0 Å². The number of rotatable bonds is 3. The van der Waals surface area contributed by atoms with Gasteiger partial charge in [-0.05, 0) is 24.7 Å². The lowest BCUT2D eigenvalue weighted by atomic mass is 9.89. The van der Waals surface area contributed by atoms with Gasteiger partial charge in [-0.2, -0.15) is 0 Å². The van der Waals surface area contributed by atoms with Crippen molar-refractivity contribution in [1.29, 1.82) is 0 Å². The maximum absolute atomic E-state index is 10.3. The van der Waals surface area contributed by atoms with Crippen LogP contribution in [0.2, 0.25) is 0 Å². The van der Waals surface area contributed by atoms with Gasteiger partial charge in [0, 0.05) is 6.42 Å². The molecule has 1 saturated heterocycles. The molecule has 1 aliphatic heterocycles. The fourth-order valence-electron chi connectivity index (χ4n) is 4.31. The van der Waals surface area contributed by atoms with Gasteiger partial charge in [0.15, 0.2) is 17.7 Å². The third-order valence-corrected chi connectivity index (χ3v) is 6.06. The van der Waals surface area contributed by atoms with E-state index in [9.17, 15) is 15.3 Å². The molecule has 30 heavy (non-hydrogen) atoms. The zero-order valence-corrected chi connectivity index (χ0v) is 16.9. The second-order valence-corrected chi connectivity index (χ2v) is 8.20. The molecule has 5 N–H and O–H groups in total. The largest absolute Gasteiger partial charge is 0.394 e. The molecule has 9 heteroatoms. The van der Waals surface area contributed by atoms with Crippen LogP contribution in [0.15, 0.2) is 6.33 Å². The molecule has 3 heterocycles. The topological polar surface area (TPSA) is 140 Å². The highest BCUT2D eigenvalue weighted by atomic mass is 16.6. The molecule has 4 atom stereocenters. The molecule has 162 valence electrons. The number of ether oxygens (including phenoxy) is 1. The minimum absolute atomic E-state index is 0.195. The first-order valence-electron chi connectivity index (χ1n) is 10.7. The Morgan fingerprint density at radius 2 is 1.83 bits per heavy atom. The molecule has 1 aliphatic carbocycles. The molecule has 2 aromatic heterocycles. The van der Waals surface area contributed by atoms with E-state index < -0.39 is 31.1 Å². The van der Waals surface area contributed by atoms with E-state index in [2.05, 4.69) is 26.8 Å². The first-order chi connectivity index (χ1) is 14.6. The summed E-state index contributed by atoms with van der Waals surface area (Å²) in [5, 5.41) is 29.7. The highest BCUT2D eigenvalue weighted by Gasteiger charge is 2.44. The number of nitrogens with zero attached hydrogens (tertiary/aromatic N) is 4. The molecule has 0 bridgehead atoms. The molecule has 2 fully saturated rings. The second-order valence-electron chi connectivity index (χ2n) is 8.20.